The van der Waals surface area contributed by atoms with Gasteiger partial charge in [-0.1, -0.05) is 19.1 Å². The molecular weight excluding hydrogens is 225 g/mol. The summed E-state index contributed by atoms with van der Waals surface area (Å²) in [7, 11) is 0. The quantitative estimate of drug-likeness (QED) is 0.754. The summed E-state index contributed by atoms with van der Waals surface area (Å²) >= 11 is 0. The van der Waals surface area contributed by atoms with Gasteiger partial charge in [0.15, 0.2) is 0 Å². The molecule has 2 rings (SSSR count). The standard InChI is InChI=1S/C16H20FN/c1-3-5-15(4-2)18-16(12-6-7-12)13-8-10-14(17)11-9-13/h1,8-12,15-16,18H,4-7H2,2H3. The molecule has 0 spiro atoms. The number of halogens is 1. The molecule has 1 saturated carbocycles. The van der Waals surface area contributed by atoms with Crippen LogP contribution in [0.4, 0.5) is 4.39 Å². The van der Waals surface area contributed by atoms with E-state index in [4.69, 9.17) is 6.42 Å². The van der Waals surface area contributed by atoms with Crippen LogP contribution in [0.25, 0.3) is 0 Å². The van der Waals surface area contributed by atoms with E-state index >= 15 is 0 Å². The number of hydrogen-bond acceptors (Lipinski definition) is 1. The Balaban J connectivity index is 2.08. The Labute approximate surface area is 109 Å². The summed E-state index contributed by atoms with van der Waals surface area (Å²) < 4.78 is 13.0. The molecule has 1 aromatic rings. The normalized spacial score (nSPS) is 18.1. The minimum absolute atomic E-state index is 0.177. The van der Waals surface area contributed by atoms with Gasteiger partial charge in [-0.15, -0.1) is 12.3 Å². The molecule has 2 heteroatoms. The van der Waals surface area contributed by atoms with Gasteiger partial charge in [0.2, 0.25) is 0 Å². The van der Waals surface area contributed by atoms with Crippen LogP contribution in [0.3, 0.4) is 0 Å². The summed E-state index contributed by atoms with van der Waals surface area (Å²) in [4.78, 5) is 0. The van der Waals surface area contributed by atoms with Crippen molar-refractivity contribution in [2.75, 3.05) is 0 Å². The Hall–Kier alpha value is -1.33. The highest BCUT2D eigenvalue weighted by Gasteiger charge is 2.33. The highest BCUT2D eigenvalue weighted by Crippen LogP contribution is 2.41. The first-order valence-electron chi connectivity index (χ1n) is 6.69. The minimum Gasteiger partial charge on any atom is -0.306 e. The maximum absolute atomic E-state index is 13.0. The van der Waals surface area contributed by atoms with Gasteiger partial charge >= 0.3 is 0 Å². The predicted octanol–water partition coefficient (Wildman–Crippen LogP) is 3.67. The number of rotatable bonds is 6. The highest BCUT2D eigenvalue weighted by atomic mass is 19.1. The van der Waals surface area contributed by atoms with Crippen LogP contribution >= 0.6 is 0 Å². The fourth-order valence-corrected chi connectivity index (χ4v) is 2.32. The van der Waals surface area contributed by atoms with Crippen molar-refractivity contribution in [3.63, 3.8) is 0 Å². The van der Waals surface area contributed by atoms with E-state index in [1.807, 2.05) is 12.1 Å². The zero-order valence-corrected chi connectivity index (χ0v) is 10.8. The Morgan fingerprint density at radius 2 is 2.06 bits per heavy atom. The molecule has 0 radical (unpaired) electrons. The first kappa shape index (κ1) is 13.1. The molecule has 2 unspecified atom stereocenters. The van der Waals surface area contributed by atoms with Gasteiger partial charge in [0.25, 0.3) is 0 Å². The van der Waals surface area contributed by atoms with E-state index < -0.39 is 0 Å². The smallest absolute Gasteiger partial charge is 0.123 e. The van der Waals surface area contributed by atoms with Gasteiger partial charge in [0.1, 0.15) is 5.82 Å². The molecule has 0 heterocycles. The van der Waals surface area contributed by atoms with Gasteiger partial charge in [0, 0.05) is 18.5 Å². The van der Waals surface area contributed by atoms with E-state index in [2.05, 4.69) is 18.2 Å². The van der Waals surface area contributed by atoms with Crippen molar-refractivity contribution < 1.29 is 4.39 Å². The third-order valence-electron chi connectivity index (χ3n) is 3.59. The summed E-state index contributed by atoms with van der Waals surface area (Å²) in [6, 6.07) is 7.51. The molecular formula is C16H20FN. The predicted molar refractivity (Wildman–Crippen MR) is 72.5 cm³/mol. The lowest BCUT2D eigenvalue weighted by Gasteiger charge is -2.24. The van der Waals surface area contributed by atoms with Crippen molar-refractivity contribution in [3.05, 3.63) is 35.6 Å². The lowest BCUT2D eigenvalue weighted by molar-refractivity contribution is 0.397. The van der Waals surface area contributed by atoms with Crippen LogP contribution < -0.4 is 5.32 Å². The molecule has 1 nitrogen and oxygen atoms in total. The Kier molecular flexibility index (Phi) is 4.38. The molecule has 0 saturated heterocycles. The van der Waals surface area contributed by atoms with Crippen LogP contribution in [0.2, 0.25) is 0 Å². The first-order chi connectivity index (χ1) is 8.74. The van der Waals surface area contributed by atoms with Crippen molar-refractivity contribution in [2.45, 2.75) is 44.7 Å². The third kappa shape index (κ3) is 3.34. The molecule has 1 N–H and O–H groups in total. The van der Waals surface area contributed by atoms with Crippen LogP contribution in [0, 0.1) is 24.1 Å². The van der Waals surface area contributed by atoms with Gasteiger partial charge in [-0.05, 0) is 42.9 Å². The fourth-order valence-electron chi connectivity index (χ4n) is 2.32. The number of terminal acetylenes is 1. The van der Waals surface area contributed by atoms with Gasteiger partial charge in [-0.3, -0.25) is 0 Å². The van der Waals surface area contributed by atoms with Crippen molar-refractivity contribution in [1.82, 2.24) is 5.32 Å². The maximum Gasteiger partial charge on any atom is 0.123 e. The minimum atomic E-state index is -0.177. The van der Waals surface area contributed by atoms with Gasteiger partial charge in [-0.25, -0.2) is 4.39 Å². The summed E-state index contributed by atoms with van der Waals surface area (Å²) in [5.41, 5.74) is 1.18. The van der Waals surface area contributed by atoms with Gasteiger partial charge in [0.05, 0.1) is 0 Å². The molecule has 1 aliphatic rings. The average Bonchev–Trinajstić information content (AvgIpc) is 3.20. The first-order valence-corrected chi connectivity index (χ1v) is 6.69. The molecule has 96 valence electrons. The maximum atomic E-state index is 13.0. The molecule has 0 bridgehead atoms. The van der Waals surface area contributed by atoms with E-state index in [1.165, 1.54) is 30.5 Å². The SMILES string of the molecule is C#CCC(CC)NC(c1ccc(F)cc1)C1CC1. The monoisotopic (exact) mass is 245 g/mol. The van der Waals surface area contributed by atoms with Crippen LogP contribution in [-0.2, 0) is 0 Å². The number of benzene rings is 1. The van der Waals surface area contributed by atoms with Crippen LogP contribution in [0.5, 0.6) is 0 Å². The fraction of sp³-hybridized carbons (Fsp3) is 0.500. The Morgan fingerprint density at radius 1 is 1.39 bits per heavy atom. The van der Waals surface area contributed by atoms with Crippen molar-refractivity contribution >= 4 is 0 Å². The van der Waals surface area contributed by atoms with E-state index in [-0.39, 0.29) is 5.82 Å². The Bertz CT molecular complexity index is 414. The summed E-state index contributed by atoms with van der Waals surface area (Å²) in [6.45, 7) is 2.14. The van der Waals surface area contributed by atoms with E-state index in [0.717, 1.165) is 12.8 Å². The number of nitrogens with one attached hydrogen (secondary N) is 1. The lowest BCUT2D eigenvalue weighted by Crippen LogP contribution is -2.33. The van der Waals surface area contributed by atoms with Gasteiger partial charge in [-0.2, -0.15) is 0 Å². The molecule has 1 aromatic carbocycles. The van der Waals surface area contributed by atoms with Gasteiger partial charge < -0.3 is 5.32 Å². The highest BCUT2D eigenvalue weighted by molar-refractivity contribution is 5.22. The van der Waals surface area contributed by atoms with Crippen LogP contribution in [0.15, 0.2) is 24.3 Å². The van der Waals surface area contributed by atoms with Crippen molar-refractivity contribution in [2.24, 2.45) is 5.92 Å². The summed E-state index contributed by atoms with van der Waals surface area (Å²) in [5, 5.41) is 3.64. The second kappa shape index (κ2) is 6.02. The zero-order chi connectivity index (χ0) is 13.0. The average molecular weight is 245 g/mol. The summed E-state index contributed by atoms with van der Waals surface area (Å²) in [6.07, 6.45) is 9.67. The largest absolute Gasteiger partial charge is 0.306 e. The second-order valence-electron chi connectivity index (χ2n) is 5.05. The number of hydrogen-bond donors (Lipinski definition) is 1. The second-order valence-corrected chi connectivity index (χ2v) is 5.05. The van der Waals surface area contributed by atoms with E-state index in [1.54, 1.807) is 0 Å². The van der Waals surface area contributed by atoms with Crippen molar-refractivity contribution in [1.29, 1.82) is 0 Å². The molecule has 0 amide bonds. The molecule has 1 aliphatic carbocycles. The topological polar surface area (TPSA) is 12.0 Å². The zero-order valence-electron chi connectivity index (χ0n) is 10.8. The molecule has 0 aromatic heterocycles. The summed E-state index contributed by atoms with van der Waals surface area (Å²) in [5.74, 6) is 3.23. The van der Waals surface area contributed by atoms with E-state index in [9.17, 15) is 4.39 Å². The van der Waals surface area contributed by atoms with Crippen LogP contribution in [0.1, 0.15) is 44.2 Å². The Morgan fingerprint density at radius 3 is 2.56 bits per heavy atom. The van der Waals surface area contributed by atoms with Crippen LogP contribution in [-0.4, -0.2) is 6.04 Å². The lowest BCUT2D eigenvalue weighted by atomic mass is 10.00. The molecule has 18 heavy (non-hydrogen) atoms. The van der Waals surface area contributed by atoms with E-state index in [0.29, 0.717) is 18.0 Å². The van der Waals surface area contributed by atoms with Crippen molar-refractivity contribution in [3.8, 4) is 12.3 Å². The molecule has 0 aliphatic heterocycles. The molecule has 1 fully saturated rings. The third-order valence-corrected chi connectivity index (χ3v) is 3.59. The molecule has 2 atom stereocenters.